The highest BCUT2D eigenvalue weighted by molar-refractivity contribution is 5.22. The first-order chi connectivity index (χ1) is 9.78. The van der Waals surface area contributed by atoms with Gasteiger partial charge in [-0.1, -0.05) is 0 Å². The third-order valence-corrected chi connectivity index (χ3v) is 4.13. The summed E-state index contributed by atoms with van der Waals surface area (Å²) in [5.41, 5.74) is 3.68. The van der Waals surface area contributed by atoms with E-state index in [-0.39, 0.29) is 0 Å². The molecule has 5 heteroatoms. The Kier molecular flexibility index (Phi) is 2.80. The fourth-order valence-electron chi connectivity index (χ4n) is 2.84. The lowest BCUT2D eigenvalue weighted by atomic mass is 10.1. The van der Waals surface area contributed by atoms with Gasteiger partial charge in [0.05, 0.1) is 5.69 Å². The van der Waals surface area contributed by atoms with Crippen molar-refractivity contribution in [2.24, 2.45) is 7.05 Å². The van der Waals surface area contributed by atoms with Crippen LogP contribution in [0.4, 0.5) is 0 Å². The van der Waals surface area contributed by atoms with Gasteiger partial charge in [-0.25, -0.2) is 9.97 Å². The van der Waals surface area contributed by atoms with Crippen LogP contribution in [0.1, 0.15) is 41.5 Å². The first-order valence-electron chi connectivity index (χ1n) is 7.33. The monoisotopic (exact) mass is 269 g/mol. The van der Waals surface area contributed by atoms with E-state index < -0.39 is 0 Å². The molecule has 0 spiro atoms. The lowest BCUT2D eigenvalue weighted by molar-refractivity contribution is 0.239. The molecule has 0 bridgehead atoms. The van der Waals surface area contributed by atoms with Crippen LogP contribution < -0.4 is 0 Å². The molecule has 0 radical (unpaired) electrons. The molecule has 1 saturated carbocycles. The molecule has 0 saturated heterocycles. The van der Waals surface area contributed by atoms with Crippen LogP contribution in [-0.4, -0.2) is 31.2 Å². The first kappa shape index (κ1) is 12.0. The molecule has 2 aromatic heterocycles. The Labute approximate surface area is 118 Å². The molecule has 0 aromatic carbocycles. The van der Waals surface area contributed by atoms with E-state index in [1.54, 1.807) is 0 Å². The second kappa shape index (κ2) is 4.66. The van der Waals surface area contributed by atoms with Crippen molar-refractivity contribution in [2.75, 3.05) is 6.54 Å². The Balaban J connectivity index is 1.48. The summed E-state index contributed by atoms with van der Waals surface area (Å²) in [6.45, 7) is 2.91. The van der Waals surface area contributed by atoms with Crippen LogP contribution in [0, 0.1) is 0 Å². The lowest BCUT2D eigenvalue weighted by Gasteiger charge is -2.27. The molecule has 0 unspecified atom stereocenters. The summed E-state index contributed by atoms with van der Waals surface area (Å²) in [6.07, 6.45) is 7.61. The minimum Gasteiger partial charge on any atom is -0.293 e. The van der Waals surface area contributed by atoms with Crippen molar-refractivity contribution >= 4 is 0 Å². The van der Waals surface area contributed by atoms with Gasteiger partial charge in [0.25, 0.3) is 0 Å². The topological polar surface area (TPSA) is 46.8 Å². The van der Waals surface area contributed by atoms with Gasteiger partial charge in [-0.2, -0.15) is 5.10 Å². The molecule has 0 amide bonds. The molecule has 3 heterocycles. The standard InChI is InChI=1S/C15H19N5/c1-19-6-4-13(18-19)10-20-7-5-14-12(9-20)8-16-15(17-14)11-2-3-11/h4,6,8,11H,2-3,5,7,9-10H2,1H3. The smallest absolute Gasteiger partial charge is 0.131 e. The molecule has 4 rings (SSSR count). The number of rotatable bonds is 3. The molecule has 20 heavy (non-hydrogen) atoms. The van der Waals surface area contributed by atoms with E-state index in [4.69, 9.17) is 4.98 Å². The SMILES string of the molecule is Cn1ccc(CN2CCc3nc(C4CC4)ncc3C2)n1. The number of hydrogen-bond acceptors (Lipinski definition) is 4. The normalized spacial score (nSPS) is 19.1. The summed E-state index contributed by atoms with van der Waals surface area (Å²) in [7, 11) is 1.96. The highest BCUT2D eigenvalue weighted by atomic mass is 15.3. The van der Waals surface area contributed by atoms with Crippen LogP contribution in [0.2, 0.25) is 0 Å². The zero-order valence-electron chi connectivity index (χ0n) is 11.8. The third-order valence-electron chi connectivity index (χ3n) is 4.13. The second-order valence-electron chi connectivity index (χ2n) is 5.92. The molecule has 1 aliphatic heterocycles. The van der Waals surface area contributed by atoms with Gasteiger partial charge in [0.1, 0.15) is 5.82 Å². The average Bonchev–Trinajstić information content (AvgIpc) is 3.22. The van der Waals surface area contributed by atoms with Crippen LogP contribution >= 0.6 is 0 Å². The summed E-state index contributed by atoms with van der Waals surface area (Å²) < 4.78 is 1.86. The van der Waals surface area contributed by atoms with E-state index >= 15 is 0 Å². The summed E-state index contributed by atoms with van der Waals surface area (Å²) in [4.78, 5) is 11.7. The number of aryl methyl sites for hydroxylation is 1. The fraction of sp³-hybridized carbons (Fsp3) is 0.533. The van der Waals surface area contributed by atoms with Crippen LogP contribution in [0.25, 0.3) is 0 Å². The molecule has 5 nitrogen and oxygen atoms in total. The predicted molar refractivity (Wildman–Crippen MR) is 75.0 cm³/mol. The van der Waals surface area contributed by atoms with Crippen molar-refractivity contribution in [1.82, 2.24) is 24.6 Å². The van der Waals surface area contributed by atoms with E-state index in [0.29, 0.717) is 5.92 Å². The molecule has 2 aromatic rings. The lowest BCUT2D eigenvalue weighted by Crippen LogP contribution is -2.31. The maximum atomic E-state index is 4.76. The Morgan fingerprint density at radius 2 is 2.25 bits per heavy atom. The summed E-state index contributed by atoms with van der Waals surface area (Å²) in [5.74, 6) is 1.72. The predicted octanol–water partition coefficient (Wildman–Crippen LogP) is 1.65. The molecular formula is C15H19N5. The van der Waals surface area contributed by atoms with Gasteiger partial charge in [-0.3, -0.25) is 9.58 Å². The highest BCUT2D eigenvalue weighted by Gasteiger charge is 2.28. The van der Waals surface area contributed by atoms with Gasteiger partial charge in [-0.05, 0) is 18.9 Å². The molecule has 0 N–H and O–H groups in total. The van der Waals surface area contributed by atoms with Crippen molar-refractivity contribution in [1.29, 1.82) is 0 Å². The average molecular weight is 269 g/mol. The number of hydrogen-bond donors (Lipinski definition) is 0. The first-order valence-corrected chi connectivity index (χ1v) is 7.33. The van der Waals surface area contributed by atoms with Crippen LogP contribution in [-0.2, 0) is 26.6 Å². The van der Waals surface area contributed by atoms with Gasteiger partial charge in [0, 0.05) is 62.7 Å². The largest absolute Gasteiger partial charge is 0.293 e. The quantitative estimate of drug-likeness (QED) is 0.850. The van der Waals surface area contributed by atoms with Crippen molar-refractivity contribution in [2.45, 2.75) is 38.3 Å². The van der Waals surface area contributed by atoms with E-state index in [1.807, 2.05) is 24.1 Å². The Bertz CT molecular complexity index is 629. The maximum Gasteiger partial charge on any atom is 0.131 e. The molecular weight excluding hydrogens is 250 g/mol. The Morgan fingerprint density at radius 1 is 1.35 bits per heavy atom. The van der Waals surface area contributed by atoms with Crippen LogP contribution in [0.5, 0.6) is 0 Å². The van der Waals surface area contributed by atoms with Gasteiger partial charge in [0.15, 0.2) is 0 Å². The van der Waals surface area contributed by atoms with E-state index in [9.17, 15) is 0 Å². The van der Waals surface area contributed by atoms with E-state index in [2.05, 4.69) is 21.0 Å². The van der Waals surface area contributed by atoms with Crippen molar-refractivity contribution in [3.63, 3.8) is 0 Å². The summed E-state index contributed by atoms with van der Waals surface area (Å²) >= 11 is 0. The molecule has 1 fully saturated rings. The van der Waals surface area contributed by atoms with Gasteiger partial charge >= 0.3 is 0 Å². The van der Waals surface area contributed by atoms with Gasteiger partial charge in [0.2, 0.25) is 0 Å². The minimum absolute atomic E-state index is 0.645. The molecule has 1 aliphatic carbocycles. The Morgan fingerprint density at radius 3 is 3.00 bits per heavy atom. The fourth-order valence-corrected chi connectivity index (χ4v) is 2.84. The third kappa shape index (κ3) is 2.33. The van der Waals surface area contributed by atoms with Crippen LogP contribution in [0.3, 0.4) is 0 Å². The minimum atomic E-state index is 0.645. The zero-order valence-corrected chi connectivity index (χ0v) is 11.8. The van der Waals surface area contributed by atoms with Gasteiger partial charge < -0.3 is 0 Å². The van der Waals surface area contributed by atoms with E-state index in [0.717, 1.165) is 37.6 Å². The number of aromatic nitrogens is 4. The van der Waals surface area contributed by atoms with Gasteiger partial charge in [-0.15, -0.1) is 0 Å². The Hall–Kier alpha value is -1.75. The van der Waals surface area contributed by atoms with Crippen molar-refractivity contribution < 1.29 is 0 Å². The number of nitrogens with zero attached hydrogens (tertiary/aromatic N) is 5. The highest BCUT2D eigenvalue weighted by Crippen LogP contribution is 2.38. The van der Waals surface area contributed by atoms with Crippen LogP contribution in [0.15, 0.2) is 18.5 Å². The van der Waals surface area contributed by atoms with E-state index in [1.165, 1.54) is 24.1 Å². The van der Waals surface area contributed by atoms with Crippen molar-refractivity contribution in [3.05, 3.63) is 41.2 Å². The molecule has 0 atom stereocenters. The maximum absolute atomic E-state index is 4.76. The second-order valence-corrected chi connectivity index (χ2v) is 5.92. The number of fused-ring (bicyclic) bond motifs is 1. The zero-order chi connectivity index (χ0) is 13.5. The molecule has 104 valence electrons. The summed E-state index contributed by atoms with van der Waals surface area (Å²) in [5, 5.41) is 4.45. The summed E-state index contributed by atoms with van der Waals surface area (Å²) in [6, 6.07) is 2.09. The molecule has 2 aliphatic rings. The van der Waals surface area contributed by atoms with Crippen molar-refractivity contribution in [3.8, 4) is 0 Å².